The van der Waals surface area contributed by atoms with Crippen molar-refractivity contribution in [1.29, 1.82) is 0 Å². The standard InChI is InChI=1S/C15H24N6/c1-10-14(11(2)21(5)19-10)9-20(4)15-8-13(6-7-16)17-12(3)18-15/h8H,6-7,9,16H2,1-5H3. The molecule has 0 aliphatic carbocycles. The van der Waals surface area contributed by atoms with Crippen LogP contribution in [0.4, 0.5) is 5.82 Å². The molecule has 0 bridgehead atoms. The van der Waals surface area contributed by atoms with Crippen molar-refractivity contribution in [1.82, 2.24) is 19.7 Å². The van der Waals surface area contributed by atoms with Crippen LogP contribution in [-0.4, -0.2) is 33.3 Å². The van der Waals surface area contributed by atoms with E-state index in [9.17, 15) is 0 Å². The zero-order chi connectivity index (χ0) is 15.6. The van der Waals surface area contributed by atoms with Crippen LogP contribution in [0.2, 0.25) is 0 Å². The summed E-state index contributed by atoms with van der Waals surface area (Å²) in [7, 11) is 4.01. The second-order valence-electron chi connectivity index (χ2n) is 5.43. The van der Waals surface area contributed by atoms with Gasteiger partial charge in [-0.1, -0.05) is 0 Å². The summed E-state index contributed by atoms with van der Waals surface area (Å²) in [4.78, 5) is 11.1. The van der Waals surface area contributed by atoms with Gasteiger partial charge in [-0.15, -0.1) is 0 Å². The first kappa shape index (κ1) is 15.4. The summed E-state index contributed by atoms with van der Waals surface area (Å²) in [6.07, 6.45) is 0.773. The zero-order valence-corrected chi connectivity index (χ0v) is 13.5. The number of hydrogen-bond acceptors (Lipinski definition) is 5. The number of rotatable bonds is 5. The molecule has 0 saturated carbocycles. The first-order chi connectivity index (χ1) is 9.92. The number of anilines is 1. The second kappa shape index (κ2) is 6.22. The Labute approximate surface area is 126 Å². The fraction of sp³-hybridized carbons (Fsp3) is 0.533. The van der Waals surface area contributed by atoms with E-state index in [1.165, 1.54) is 11.3 Å². The minimum absolute atomic E-state index is 0.598. The van der Waals surface area contributed by atoms with Crippen LogP contribution >= 0.6 is 0 Å². The monoisotopic (exact) mass is 288 g/mol. The Balaban J connectivity index is 2.25. The van der Waals surface area contributed by atoms with Crippen molar-refractivity contribution in [2.75, 3.05) is 18.5 Å². The molecule has 0 spiro atoms. The quantitative estimate of drug-likeness (QED) is 0.897. The van der Waals surface area contributed by atoms with Gasteiger partial charge in [-0.05, 0) is 27.3 Å². The van der Waals surface area contributed by atoms with Crippen LogP contribution in [0.15, 0.2) is 6.07 Å². The number of nitrogens with zero attached hydrogens (tertiary/aromatic N) is 5. The van der Waals surface area contributed by atoms with Gasteiger partial charge < -0.3 is 10.6 Å². The van der Waals surface area contributed by atoms with Gasteiger partial charge in [0.2, 0.25) is 0 Å². The van der Waals surface area contributed by atoms with Gasteiger partial charge in [-0.2, -0.15) is 5.10 Å². The molecule has 2 N–H and O–H groups in total. The van der Waals surface area contributed by atoms with E-state index in [1.54, 1.807) is 0 Å². The normalized spacial score (nSPS) is 11.0. The third-order valence-electron chi connectivity index (χ3n) is 3.72. The lowest BCUT2D eigenvalue weighted by Crippen LogP contribution is -2.20. The van der Waals surface area contributed by atoms with E-state index in [0.717, 1.165) is 36.0 Å². The maximum absolute atomic E-state index is 5.62. The fourth-order valence-corrected chi connectivity index (χ4v) is 2.45. The summed E-state index contributed by atoms with van der Waals surface area (Å²) in [5.41, 5.74) is 10.1. The molecular formula is C15H24N6. The molecule has 0 atom stereocenters. The van der Waals surface area contributed by atoms with Gasteiger partial charge in [-0.3, -0.25) is 4.68 Å². The molecule has 6 nitrogen and oxygen atoms in total. The van der Waals surface area contributed by atoms with Gasteiger partial charge in [0, 0.05) is 50.1 Å². The predicted octanol–water partition coefficient (Wildman–Crippen LogP) is 1.27. The van der Waals surface area contributed by atoms with Crippen molar-refractivity contribution < 1.29 is 0 Å². The summed E-state index contributed by atoms with van der Waals surface area (Å²) in [6.45, 7) is 7.43. The maximum Gasteiger partial charge on any atom is 0.132 e. The van der Waals surface area contributed by atoms with Gasteiger partial charge in [0.05, 0.1) is 5.69 Å². The highest BCUT2D eigenvalue weighted by molar-refractivity contribution is 5.41. The van der Waals surface area contributed by atoms with E-state index in [-0.39, 0.29) is 0 Å². The zero-order valence-electron chi connectivity index (χ0n) is 13.5. The second-order valence-corrected chi connectivity index (χ2v) is 5.43. The highest BCUT2D eigenvalue weighted by Crippen LogP contribution is 2.18. The average Bonchev–Trinajstić information content (AvgIpc) is 2.65. The summed E-state index contributed by atoms with van der Waals surface area (Å²) >= 11 is 0. The van der Waals surface area contributed by atoms with Crippen LogP contribution < -0.4 is 10.6 Å². The van der Waals surface area contributed by atoms with Crippen molar-refractivity contribution in [3.05, 3.63) is 34.5 Å². The number of aromatic nitrogens is 4. The molecule has 2 rings (SSSR count). The summed E-state index contributed by atoms with van der Waals surface area (Å²) in [5, 5.41) is 4.46. The third-order valence-corrected chi connectivity index (χ3v) is 3.72. The molecule has 0 fully saturated rings. The van der Waals surface area contributed by atoms with Gasteiger partial charge in [-0.25, -0.2) is 9.97 Å². The van der Waals surface area contributed by atoms with Crippen LogP contribution in [0.25, 0.3) is 0 Å². The van der Waals surface area contributed by atoms with Gasteiger partial charge in [0.25, 0.3) is 0 Å². The lowest BCUT2D eigenvalue weighted by atomic mass is 10.2. The largest absolute Gasteiger partial charge is 0.355 e. The van der Waals surface area contributed by atoms with Crippen molar-refractivity contribution >= 4 is 5.82 Å². The van der Waals surface area contributed by atoms with Crippen molar-refractivity contribution in [2.45, 2.75) is 33.7 Å². The molecule has 2 aromatic rings. The van der Waals surface area contributed by atoms with E-state index in [1.807, 2.05) is 38.7 Å². The minimum Gasteiger partial charge on any atom is -0.355 e. The number of hydrogen-bond donors (Lipinski definition) is 1. The first-order valence-corrected chi connectivity index (χ1v) is 7.17. The Kier molecular flexibility index (Phi) is 4.57. The topological polar surface area (TPSA) is 72.9 Å². The molecule has 2 aromatic heterocycles. The summed E-state index contributed by atoms with van der Waals surface area (Å²) < 4.78 is 1.92. The molecule has 0 radical (unpaired) electrons. The molecule has 0 aliphatic heterocycles. The van der Waals surface area contributed by atoms with Gasteiger partial charge in [0.15, 0.2) is 0 Å². The summed E-state index contributed by atoms with van der Waals surface area (Å²) in [5.74, 6) is 1.70. The van der Waals surface area contributed by atoms with E-state index < -0.39 is 0 Å². The minimum atomic E-state index is 0.598. The molecule has 0 aromatic carbocycles. The average molecular weight is 288 g/mol. The highest BCUT2D eigenvalue weighted by atomic mass is 15.3. The third kappa shape index (κ3) is 3.39. The Morgan fingerprint density at radius 3 is 2.52 bits per heavy atom. The molecule has 0 amide bonds. The Bertz CT molecular complexity index is 631. The molecule has 6 heteroatoms. The SMILES string of the molecule is Cc1nc(CCN)cc(N(C)Cc2c(C)nn(C)c2C)n1. The van der Waals surface area contributed by atoms with Crippen molar-refractivity contribution in [2.24, 2.45) is 12.8 Å². The molecule has 0 unspecified atom stereocenters. The van der Waals surface area contributed by atoms with Crippen molar-refractivity contribution in [3.63, 3.8) is 0 Å². The van der Waals surface area contributed by atoms with E-state index in [2.05, 4.69) is 26.9 Å². The van der Waals surface area contributed by atoms with Crippen LogP contribution in [-0.2, 0) is 20.0 Å². The Hall–Kier alpha value is -1.95. The molecule has 21 heavy (non-hydrogen) atoms. The predicted molar refractivity (Wildman–Crippen MR) is 84.3 cm³/mol. The van der Waals surface area contributed by atoms with Crippen LogP contribution in [0.5, 0.6) is 0 Å². The Morgan fingerprint density at radius 1 is 1.24 bits per heavy atom. The fourth-order valence-electron chi connectivity index (χ4n) is 2.45. The van der Waals surface area contributed by atoms with E-state index in [0.29, 0.717) is 6.54 Å². The van der Waals surface area contributed by atoms with E-state index in [4.69, 9.17) is 5.73 Å². The molecule has 2 heterocycles. The van der Waals surface area contributed by atoms with E-state index >= 15 is 0 Å². The highest BCUT2D eigenvalue weighted by Gasteiger charge is 2.13. The molecule has 114 valence electrons. The first-order valence-electron chi connectivity index (χ1n) is 7.17. The van der Waals surface area contributed by atoms with Crippen LogP contribution in [0.3, 0.4) is 0 Å². The van der Waals surface area contributed by atoms with Gasteiger partial charge in [0.1, 0.15) is 11.6 Å². The Morgan fingerprint density at radius 2 is 1.95 bits per heavy atom. The lowest BCUT2D eigenvalue weighted by Gasteiger charge is -2.19. The summed E-state index contributed by atoms with van der Waals surface area (Å²) in [6, 6.07) is 2.01. The molecule has 0 aliphatic rings. The van der Waals surface area contributed by atoms with Crippen molar-refractivity contribution in [3.8, 4) is 0 Å². The lowest BCUT2D eigenvalue weighted by molar-refractivity contribution is 0.729. The smallest absolute Gasteiger partial charge is 0.132 e. The number of nitrogens with two attached hydrogens (primary N) is 1. The maximum atomic E-state index is 5.62. The van der Waals surface area contributed by atoms with Crippen LogP contribution in [0, 0.1) is 20.8 Å². The number of aryl methyl sites for hydroxylation is 3. The van der Waals surface area contributed by atoms with Gasteiger partial charge >= 0.3 is 0 Å². The molecular weight excluding hydrogens is 264 g/mol. The van der Waals surface area contributed by atoms with Crippen LogP contribution in [0.1, 0.15) is 28.5 Å². The molecule has 0 saturated heterocycles.